The summed E-state index contributed by atoms with van der Waals surface area (Å²) in [4.78, 5) is 18.7. The Labute approximate surface area is 114 Å². The molecule has 0 radical (unpaired) electrons. The van der Waals surface area contributed by atoms with Gasteiger partial charge in [0.25, 0.3) is 0 Å². The van der Waals surface area contributed by atoms with E-state index in [1.807, 2.05) is 0 Å². The van der Waals surface area contributed by atoms with E-state index < -0.39 is 17.9 Å². The second kappa shape index (κ2) is 6.40. The topological polar surface area (TPSA) is 78.9 Å². The standard InChI is InChI=1S/C11H16F3N5O/c1-4-16-9(20)6(2)17-8-5-7(11(12,13)14)18-10(15-3)19-8/h5-6H,4H2,1-3H3,(H,16,20)(H2,15,17,18,19). The van der Waals surface area contributed by atoms with Crippen molar-refractivity contribution < 1.29 is 18.0 Å². The second-order valence-corrected chi connectivity index (χ2v) is 3.97. The Kier molecular flexibility index (Phi) is 5.12. The summed E-state index contributed by atoms with van der Waals surface area (Å²) in [6.07, 6.45) is -4.58. The summed E-state index contributed by atoms with van der Waals surface area (Å²) < 4.78 is 38.0. The lowest BCUT2D eigenvalue weighted by molar-refractivity contribution is -0.141. The number of carbonyl (C=O) groups is 1. The summed E-state index contributed by atoms with van der Waals surface area (Å²) in [6.45, 7) is 3.71. The summed E-state index contributed by atoms with van der Waals surface area (Å²) in [5.74, 6) is -0.577. The van der Waals surface area contributed by atoms with E-state index in [-0.39, 0.29) is 17.7 Å². The minimum Gasteiger partial charge on any atom is -0.358 e. The largest absolute Gasteiger partial charge is 0.433 e. The molecule has 1 unspecified atom stereocenters. The van der Waals surface area contributed by atoms with Crippen molar-refractivity contribution in [1.29, 1.82) is 0 Å². The van der Waals surface area contributed by atoms with Crippen molar-refractivity contribution in [3.63, 3.8) is 0 Å². The predicted molar refractivity (Wildman–Crippen MR) is 68.3 cm³/mol. The predicted octanol–water partition coefficient (Wildman–Crippen LogP) is 1.47. The highest BCUT2D eigenvalue weighted by atomic mass is 19.4. The number of amides is 1. The lowest BCUT2D eigenvalue weighted by Gasteiger charge is -2.16. The molecular weight excluding hydrogens is 275 g/mol. The van der Waals surface area contributed by atoms with Crippen molar-refractivity contribution in [2.45, 2.75) is 26.1 Å². The molecule has 20 heavy (non-hydrogen) atoms. The fourth-order valence-corrected chi connectivity index (χ4v) is 1.39. The fraction of sp³-hybridized carbons (Fsp3) is 0.545. The van der Waals surface area contributed by atoms with Gasteiger partial charge in [-0.05, 0) is 13.8 Å². The highest BCUT2D eigenvalue weighted by Crippen LogP contribution is 2.29. The molecule has 9 heteroatoms. The maximum atomic E-state index is 12.7. The Bertz CT molecular complexity index is 478. The van der Waals surface area contributed by atoms with Gasteiger partial charge in [0.1, 0.15) is 11.9 Å². The van der Waals surface area contributed by atoms with Gasteiger partial charge in [-0.25, -0.2) is 4.98 Å². The van der Waals surface area contributed by atoms with Gasteiger partial charge in [0.2, 0.25) is 11.9 Å². The molecule has 0 saturated carbocycles. The minimum absolute atomic E-state index is 0.0737. The van der Waals surface area contributed by atoms with Gasteiger partial charge in [-0.2, -0.15) is 18.2 Å². The molecule has 1 heterocycles. The average Bonchev–Trinajstić information content (AvgIpc) is 2.37. The number of nitrogens with one attached hydrogen (secondary N) is 3. The van der Waals surface area contributed by atoms with E-state index >= 15 is 0 Å². The molecule has 0 saturated heterocycles. The Balaban J connectivity index is 2.97. The molecule has 0 aromatic carbocycles. The molecule has 1 amide bonds. The number of carbonyl (C=O) groups excluding carboxylic acids is 1. The third kappa shape index (κ3) is 4.25. The molecule has 1 aromatic rings. The van der Waals surface area contributed by atoms with E-state index in [0.29, 0.717) is 6.54 Å². The van der Waals surface area contributed by atoms with Gasteiger partial charge >= 0.3 is 6.18 Å². The van der Waals surface area contributed by atoms with Crippen LogP contribution in [0.1, 0.15) is 19.5 Å². The Morgan fingerprint density at radius 3 is 2.55 bits per heavy atom. The Morgan fingerprint density at radius 2 is 2.05 bits per heavy atom. The smallest absolute Gasteiger partial charge is 0.358 e. The monoisotopic (exact) mass is 291 g/mol. The van der Waals surface area contributed by atoms with Crippen LogP contribution < -0.4 is 16.0 Å². The minimum atomic E-state index is -4.58. The molecular formula is C11H16F3N5O. The first-order valence-electron chi connectivity index (χ1n) is 5.96. The zero-order valence-electron chi connectivity index (χ0n) is 11.3. The number of likely N-dealkylation sites (N-methyl/N-ethyl adjacent to an activating group) is 1. The molecule has 0 bridgehead atoms. The first kappa shape index (κ1) is 16.0. The van der Waals surface area contributed by atoms with Gasteiger partial charge in [-0.3, -0.25) is 4.79 Å². The zero-order chi connectivity index (χ0) is 15.3. The molecule has 0 aliphatic rings. The van der Waals surface area contributed by atoms with E-state index in [4.69, 9.17) is 0 Å². The first-order valence-corrected chi connectivity index (χ1v) is 5.96. The molecule has 0 spiro atoms. The summed E-state index contributed by atoms with van der Waals surface area (Å²) in [5, 5.41) is 7.61. The Hall–Kier alpha value is -2.06. The number of halogens is 3. The molecule has 0 fully saturated rings. The fourth-order valence-electron chi connectivity index (χ4n) is 1.39. The third-order valence-electron chi connectivity index (χ3n) is 2.35. The van der Waals surface area contributed by atoms with Crippen LogP contribution in [0.3, 0.4) is 0 Å². The lowest BCUT2D eigenvalue weighted by Crippen LogP contribution is -2.37. The molecule has 3 N–H and O–H groups in total. The molecule has 6 nitrogen and oxygen atoms in total. The molecule has 1 atom stereocenters. The quantitative estimate of drug-likeness (QED) is 0.765. The van der Waals surface area contributed by atoms with Gasteiger partial charge in [0, 0.05) is 19.7 Å². The van der Waals surface area contributed by atoms with Gasteiger partial charge < -0.3 is 16.0 Å². The van der Waals surface area contributed by atoms with Crippen LogP contribution in [0.15, 0.2) is 6.07 Å². The van der Waals surface area contributed by atoms with Crippen LogP contribution in [0.4, 0.5) is 24.9 Å². The van der Waals surface area contributed by atoms with E-state index in [1.54, 1.807) is 6.92 Å². The number of alkyl halides is 3. The van der Waals surface area contributed by atoms with Gasteiger partial charge in [-0.1, -0.05) is 0 Å². The van der Waals surface area contributed by atoms with E-state index in [0.717, 1.165) is 6.07 Å². The number of anilines is 2. The van der Waals surface area contributed by atoms with Crippen molar-refractivity contribution in [3.05, 3.63) is 11.8 Å². The number of aromatic nitrogens is 2. The van der Waals surface area contributed by atoms with Crippen molar-refractivity contribution in [2.75, 3.05) is 24.2 Å². The lowest BCUT2D eigenvalue weighted by atomic mass is 10.3. The number of rotatable bonds is 5. The van der Waals surface area contributed by atoms with Crippen LogP contribution in [-0.2, 0) is 11.0 Å². The first-order chi connectivity index (χ1) is 9.27. The normalized spacial score (nSPS) is 12.7. The molecule has 1 rings (SSSR count). The summed E-state index contributed by atoms with van der Waals surface area (Å²) in [5.41, 5.74) is -1.08. The van der Waals surface area contributed by atoms with Crippen molar-refractivity contribution in [1.82, 2.24) is 15.3 Å². The molecule has 112 valence electrons. The van der Waals surface area contributed by atoms with Crippen LogP contribution in [0.2, 0.25) is 0 Å². The van der Waals surface area contributed by atoms with Crippen LogP contribution in [0.25, 0.3) is 0 Å². The van der Waals surface area contributed by atoms with Crippen molar-refractivity contribution in [2.24, 2.45) is 0 Å². The molecule has 0 aliphatic carbocycles. The Morgan fingerprint density at radius 1 is 1.40 bits per heavy atom. The maximum Gasteiger partial charge on any atom is 0.433 e. The van der Waals surface area contributed by atoms with E-state index in [1.165, 1.54) is 14.0 Å². The number of nitrogens with zero attached hydrogens (tertiary/aromatic N) is 2. The van der Waals surface area contributed by atoms with Crippen LogP contribution in [0.5, 0.6) is 0 Å². The van der Waals surface area contributed by atoms with Crippen LogP contribution in [-0.4, -0.2) is 35.5 Å². The highest BCUT2D eigenvalue weighted by molar-refractivity contribution is 5.83. The maximum absolute atomic E-state index is 12.7. The van der Waals surface area contributed by atoms with Gasteiger partial charge in [0.05, 0.1) is 0 Å². The van der Waals surface area contributed by atoms with Gasteiger partial charge in [-0.15, -0.1) is 0 Å². The number of hydrogen-bond donors (Lipinski definition) is 3. The summed E-state index contributed by atoms with van der Waals surface area (Å²) >= 11 is 0. The third-order valence-corrected chi connectivity index (χ3v) is 2.35. The number of hydrogen-bond acceptors (Lipinski definition) is 5. The van der Waals surface area contributed by atoms with Gasteiger partial charge in [0.15, 0.2) is 5.69 Å². The molecule has 1 aromatic heterocycles. The van der Waals surface area contributed by atoms with E-state index in [2.05, 4.69) is 25.9 Å². The average molecular weight is 291 g/mol. The zero-order valence-corrected chi connectivity index (χ0v) is 11.3. The van der Waals surface area contributed by atoms with Crippen molar-refractivity contribution in [3.8, 4) is 0 Å². The summed E-state index contributed by atoms with van der Waals surface area (Å²) in [7, 11) is 1.41. The highest BCUT2D eigenvalue weighted by Gasteiger charge is 2.33. The summed E-state index contributed by atoms with van der Waals surface area (Å²) in [6, 6.07) is 0.0481. The van der Waals surface area contributed by atoms with Crippen LogP contribution in [0, 0.1) is 0 Å². The van der Waals surface area contributed by atoms with Crippen LogP contribution >= 0.6 is 0 Å². The van der Waals surface area contributed by atoms with Crippen molar-refractivity contribution >= 4 is 17.7 Å². The van der Waals surface area contributed by atoms with E-state index in [9.17, 15) is 18.0 Å². The molecule has 0 aliphatic heterocycles. The second-order valence-electron chi connectivity index (χ2n) is 3.97. The SMILES string of the molecule is CCNC(=O)C(C)Nc1cc(C(F)(F)F)nc(NC)n1.